The maximum absolute atomic E-state index is 12.8. The van der Waals surface area contributed by atoms with Crippen molar-refractivity contribution in [1.82, 2.24) is 24.7 Å². The Hall–Kier alpha value is -4.59. The summed E-state index contributed by atoms with van der Waals surface area (Å²) in [5, 5.41) is 7.52. The molecule has 5 rings (SSSR count). The number of aromatic nitrogens is 5. The highest BCUT2D eigenvalue weighted by Gasteiger charge is 2.17. The molecule has 2 aromatic carbocycles. The fraction of sp³-hybridized carbons (Fsp3) is 0.0417. The van der Waals surface area contributed by atoms with Gasteiger partial charge in [-0.1, -0.05) is 18.2 Å². The third-order valence-electron chi connectivity index (χ3n) is 4.91. The van der Waals surface area contributed by atoms with Crippen LogP contribution < -0.4 is 10.1 Å². The Balaban J connectivity index is 1.62. The van der Waals surface area contributed by atoms with Crippen LogP contribution in [-0.2, 0) is 0 Å². The van der Waals surface area contributed by atoms with E-state index < -0.39 is 0 Å². The van der Waals surface area contributed by atoms with Crippen LogP contribution in [0.15, 0.2) is 85.3 Å². The van der Waals surface area contributed by atoms with E-state index in [1.807, 2.05) is 60.8 Å². The second kappa shape index (κ2) is 8.27. The van der Waals surface area contributed by atoms with Gasteiger partial charge in [0.1, 0.15) is 11.3 Å². The Kier molecular flexibility index (Phi) is 5.01. The average Bonchev–Trinajstić information content (AvgIpc) is 3.30. The van der Waals surface area contributed by atoms with Crippen molar-refractivity contribution in [2.45, 2.75) is 0 Å². The number of anilines is 1. The predicted octanol–water partition coefficient (Wildman–Crippen LogP) is 4.14. The van der Waals surface area contributed by atoms with Crippen molar-refractivity contribution in [1.29, 1.82) is 0 Å². The molecule has 0 saturated heterocycles. The third kappa shape index (κ3) is 3.77. The normalized spacial score (nSPS) is 10.8. The minimum Gasteiger partial charge on any atom is -0.497 e. The van der Waals surface area contributed by atoms with Crippen molar-refractivity contribution in [2.75, 3.05) is 12.4 Å². The number of benzene rings is 2. The molecular weight excluding hydrogens is 404 g/mol. The van der Waals surface area contributed by atoms with E-state index in [1.54, 1.807) is 36.3 Å². The first-order chi connectivity index (χ1) is 15.7. The Bertz CT molecular complexity index is 1380. The maximum Gasteiger partial charge on any atom is 0.256 e. The molecule has 0 atom stereocenters. The number of carbonyl (C=O) groups excluding carboxylic acids is 1. The highest BCUT2D eigenvalue weighted by atomic mass is 16.5. The van der Waals surface area contributed by atoms with Gasteiger partial charge >= 0.3 is 0 Å². The number of rotatable bonds is 5. The van der Waals surface area contributed by atoms with Gasteiger partial charge in [-0.15, -0.1) is 0 Å². The maximum atomic E-state index is 12.8. The van der Waals surface area contributed by atoms with Crippen LogP contribution in [0.1, 0.15) is 10.4 Å². The van der Waals surface area contributed by atoms with Crippen molar-refractivity contribution in [3.63, 3.8) is 0 Å². The molecule has 0 aliphatic rings. The monoisotopic (exact) mass is 422 g/mol. The zero-order chi connectivity index (χ0) is 21.9. The van der Waals surface area contributed by atoms with E-state index >= 15 is 0 Å². The van der Waals surface area contributed by atoms with Gasteiger partial charge < -0.3 is 10.1 Å². The molecule has 5 aromatic rings. The van der Waals surface area contributed by atoms with Crippen LogP contribution in [0, 0.1) is 0 Å². The topological polar surface area (TPSA) is 94.8 Å². The molecule has 1 amide bonds. The summed E-state index contributed by atoms with van der Waals surface area (Å²) in [6.07, 6.45) is 4.95. The van der Waals surface area contributed by atoms with Gasteiger partial charge in [-0.25, -0.2) is 14.6 Å². The number of fused-ring (bicyclic) bond motifs is 1. The highest BCUT2D eigenvalue weighted by molar-refractivity contribution is 6.07. The van der Waals surface area contributed by atoms with E-state index in [2.05, 4.69) is 20.4 Å². The quantitative estimate of drug-likeness (QED) is 0.457. The Morgan fingerprint density at radius 3 is 2.41 bits per heavy atom. The Morgan fingerprint density at radius 2 is 1.69 bits per heavy atom. The van der Waals surface area contributed by atoms with Crippen LogP contribution >= 0.6 is 0 Å². The van der Waals surface area contributed by atoms with Crippen LogP contribution in [0.2, 0.25) is 0 Å². The minimum atomic E-state index is -0.303. The lowest BCUT2D eigenvalue weighted by Crippen LogP contribution is -2.14. The molecule has 0 saturated carbocycles. The summed E-state index contributed by atoms with van der Waals surface area (Å²) in [4.78, 5) is 26.1. The summed E-state index contributed by atoms with van der Waals surface area (Å²) in [7, 11) is 1.61. The summed E-state index contributed by atoms with van der Waals surface area (Å²) < 4.78 is 6.96. The molecule has 1 N–H and O–H groups in total. The molecule has 0 aliphatic heterocycles. The lowest BCUT2D eigenvalue weighted by molar-refractivity contribution is 0.102. The molecule has 0 unspecified atom stereocenters. The summed E-state index contributed by atoms with van der Waals surface area (Å²) in [5.41, 5.74) is 3.25. The van der Waals surface area contributed by atoms with Crippen molar-refractivity contribution >= 4 is 22.8 Å². The van der Waals surface area contributed by atoms with Gasteiger partial charge in [0.25, 0.3) is 5.91 Å². The summed E-state index contributed by atoms with van der Waals surface area (Å²) >= 11 is 0. The first kappa shape index (κ1) is 19.4. The number of nitrogens with zero attached hydrogens (tertiary/aromatic N) is 5. The first-order valence-electron chi connectivity index (χ1n) is 9.90. The number of pyridine rings is 1. The number of methoxy groups -OCH3 is 1. The first-order valence-corrected chi connectivity index (χ1v) is 9.90. The van der Waals surface area contributed by atoms with Crippen molar-refractivity contribution in [2.24, 2.45) is 0 Å². The van der Waals surface area contributed by atoms with Gasteiger partial charge in [0.05, 0.1) is 19.0 Å². The van der Waals surface area contributed by atoms with Crippen LogP contribution in [0.25, 0.3) is 28.1 Å². The van der Waals surface area contributed by atoms with Crippen LogP contribution in [0.5, 0.6) is 5.75 Å². The Morgan fingerprint density at radius 1 is 0.938 bits per heavy atom. The number of nitrogens with one attached hydrogen (secondary N) is 1. The molecule has 3 aromatic heterocycles. The number of ether oxygens (including phenoxy) is 1. The molecule has 0 aliphatic carbocycles. The average molecular weight is 422 g/mol. The van der Waals surface area contributed by atoms with Crippen molar-refractivity contribution in [3.05, 3.63) is 90.9 Å². The van der Waals surface area contributed by atoms with E-state index in [-0.39, 0.29) is 5.91 Å². The number of para-hydroxylation sites is 1. The van der Waals surface area contributed by atoms with E-state index in [1.165, 1.54) is 0 Å². The SMILES string of the molecule is COc1ccc(-c2nc(NC(=O)c3ccncc3)c3nn(-c4ccccc4)cc3n2)cc1. The molecule has 156 valence electrons. The number of carbonyl (C=O) groups is 1. The zero-order valence-electron chi connectivity index (χ0n) is 17.1. The molecule has 8 nitrogen and oxygen atoms in total. The molecule has 0 radical (unpaired) electrons. The lowest BCUT2D eigenvalue weighted by atomic mass is 10.2. The molecule has 32 heavy (non-hydrogen) atoms. The largest absolute Gasteiger partial charge is 0.497 e. The number of hydrogen-bond donors (Lipinski definition) is 1. The number of hydrogen-bond acceptors (Lipinski definition) is 6. The minimum absolute atomic E-state index is 0.303. The summed E-state index contributed by atoms with van der Waals surface area (Å²) in [6.45, 7) is 0. The summed E-state index contributed by atoms with van der Waals surface area (Å²) in [5.74, 6) is 1.23. The van der Waals surface area contributed by atoms with E-state index in [0.717, 1.165) is 17.0 Å². The van der Waals surface area contributed by atoms with Crippen molar-refractivity contribution in [3.8, 4) is 22.8 Å². The molecular formula is C24H18N6O2. The molecule has 0 fully saturated rings. The van der Waals surface area contributed by atoms with Gasteiger partial charge in [-0.2, -0.15) is 5.10 Å². The van der Waals surface area contributed by atoms with Crippen LogP contribution in [0.3, 0.4) is 0 Å². The van der Waals surface area contributed by atoms with E-state index in [9.17, 15) is 4.79 Å². The molecule has 0 spiro atoms. The second-order valence-electron chi connectivity index (χ2n) is 6.96. The lowest BCUT2D eigenvalue weighted by Gasteiger charge is -2.08. The summed E-state index contributed by atoms with van der Waals surface area (Å²) in [6, 6.07) is 20.4. The number of amides is 1. The second-order valence-corrected chi connectivity index (χ2v) is 6.96. The third-order valence-corrected chi connectivity index (χ3v) is 4.91. The van der Waals surface area contributed by atoms with Crippen LogP contribution in [-0.4, -0.2) is 37.7 Å². The fourth-order valence-electron chi connectivity index (χ4n) is 3.27. The van der Waals surface area contributed by atoms with Gasteiger partial charge in [0.15, 0.2) is 17.2 Å². The highest BCUT2D eigenvalue weighted by Crippen LogP contribution is 2.26. The molecule has 3 heterocycles. The van der Waals surface area contributed by atoms with Crippen molar-refractivity contribution < 1.29 is 9.53 Å². The predicted molar refractivity (Wildman–Crippen MR) is 121 cm³/mol. The molecule has 8 heteroatoms. The van der Waals surface area contributed by atoms with E-state index in [0.29, 0.717) is 28.2 Å². The standard InChI is InChI=1S/C24H18N6O2/c1-32-19-9-7-16(8-10-19)22-26-20-15-30(18-5-3-2-4-6-18)29-21(20)23(27-22)28-24(31)17-11-13-25-14-12-17/h2-15H,1H3,(H,26,27,28,31). The van der Waals surface area contributed by atoms with Gasteiger partial charge in [0.2, 0.25) is 0 Å². The fourth-order valence-corrected chi connectivity index (χ4v) is 3.27. The van der Waals surface area contributed by atoms with Gasteiger partial charge in [-0.05, 0) is 48.5 Å². The van der Waals surface area contributed by atoms with Crippen LogP contribution in [0.4, 0.5) is 5.82 Å². The molecule has 0 bridgehead atoms. The Labute approximate surface area is 183 Å². The zero-order valence-corrected chi connectivity index (χ0v) is 17.1. The van der Waals surface area contributed by atoms with Gasteiger partial charge in [0, 0.05) is 23.5 Å². The van der Waals surface area contributed by atoms with E-state index in [4.69, 9.17) is 9.72 Å². The van der Waals surface area contributed by atoms with Gasteiger partial charge in [-0.3, -0.25) is 9.78 Å². The smallest absolute Gasteiger partial charge is 0.256 e.